The highest BCUT2D eigenvalue weighted by atomic mass is 32.2. The fourth-order valence-electron chi connectivity index (χ4n) is 11.3. The SMILES string of the molecule is CC[C@H]1OC(=O)[C@H](C)[C@@H](O[C@H]2C[C@@](C)(OC)[C@@H](O)[C@@H](C)O2)[C@H](C)[C@@H](O[C@@H]2O[C@H](C)C[C@H](N(C)C)[C@H]2O)[C@](C)(OC)C[C@@H](C)C(=O)C(C)C2C(SCCNC(=O)c3ccc(OC)c(OC)c3)C(=O)O[C@@]21C. The first-order chi connectivity index (χ1) is 32.8. The lowest BCUT2D eigenvalue weighted by Gasteiger charge is -2.50. The van der Waals surface area contributed by atoms with Crippen LogP contribution in [-0.4, -0.2) is 177 Å². The molecule has 4 fully saturated rings. The number of nitrogens with zero attached hydrogens (tertiary/aromatic N) is 1. The summed E-state index contributed by atoms with van der Waals surface area (Å²) >= 11 is 1.27. The fourth-order valence-corrected chi connectivity index (χ4v) is 12.7. The van der Waals surface area contributed by atoms with Gasteiger partial charge in [0, 0.05) is 68.2 Å². The van der Waals surface area contributed by atoms with E-state index < -0.39 is 113 Å². The Morgan fingerprint density at radius 1 is 0.871 bits per heavy atom. The van der Waals surface area contributed by atoms with Crippen molar-refractivity contribution in [3.05, 3.63) is 23.8 Å². The first-order valence-electron chi connectivity index (χ1n) is 24.7. The van der Waals surface area contributed by atoms with Crippen molar-refractivity contribution < 1.29 is 76.8 Å². The van der Waals surface area contributed by atoms with Gasteiger partial charge in [-0.3, -0.25) is 19.2 Å². The van der Waals surface area contributed by atoms with Crippen molar-refractivity contribution in [3.8, 4) is 11.5 Å². The number of benzene rings is 1. The van der Waals surface area contributed by atoms with Crippen molar-refractivity contribution in [1.82, 2.24) is 10.2 Å². The van der Waals surface area contributed by atoms with E-state index in [0.717, 1.165) is 0 Å². The van der Waals surface area contributed by atoms with Gasteiger partial charge in [0.2, 0.25) is 0 Å². The molecule has 1 aromatic carbocycles. The zero-order chi connectivity index (χ0) is 52.2. The molecule has 18 nitrogen and oxygen atoms in total. The number of hydrogen-bond acceptors (Lipinski definition) is 18. The number of Topliss-reactive ketones (excluding diaryl/α,β-unsaturated/α-hetero) is 1. The van der Waals surface area contributed by atoms with Gasteiger partial charge < -0.3 is 67.8 Å². The van der Waals surface area contributed by atoms with Gasteiger partial charge in [0.1, 0.15) is 29.3 Å². The zero-order valence-electron chi connectivity index (χ0n) is 44.2. The number of rotatable bonds is 15. The summed E-state index contributed by atoms with van der Waals surface area (Å²) in [4.78, 5) is 59.4. The maximum atomic E-state index is 15.1. The van der Waals surface area contributed by atoms with Crippen molar-refractivity contribution in [3.63, 3.8) is 0 Å². The number of fused-ring (bicyclic) bond motifs is 1. The summed E-state index contributed by atoms with van der Waals surface area (Å²) in [6.45, 7) is 18.1. The number of cyclic esters (lactones) is 1. The Labute approximate surface area is 419 Å². The molecule has 398 valence electrons. The van der Waals surface area contributed by atoms with Gasteiger partial charge in [-0.1, -0.05) is 27.7 Å². The fraction of sp³-hybridized carbons (Fsp3) is 0.804. The summed E-state index contributed by atoms with van der Waals surface area (Å²) in [5.74, 6) is -4.62. The third-order valence-corrected chi connectivity index (χ3v) is 16.9. The lowest BCUT2D eigenvalue weighted by atomic mass is 9.70. The summed E-state index contributed by atoms with van der Waals surface area (Å²) < 4.78 is 62.3. The zero-order valence-corrected chi connectivity index (χ0v) is 45.0. The van der Waals surface area contributed by atoms with E-state index in [1.54, 1.807) is 52.8 Å². The molecular formula is C51H82N2O16S. The first-order valence-corrected chi connectivity index (χ1v) is 25.7. The Morgan fingerprint density at radius 3 is 2.13 bits per heavy atom. The molecule has 1 amide bonds. The van der Waals surface area contributed by atoms with Crippen LogP contribution in [-0.2, 0) is 52.3 Å². The van der Waals surface area contributed by atoms with Gasteiger partial charge in [-0.05, 0) is 93.1 Å². The number of hydrogen-bond donors (Lipinski definition) is 3. The normalized spacial score (nSPS) is 41.0. The quantitative estimate of drug-likeness (QED) is 0.159. The minimum absolute atomic E-state index is 0.106. The second kappa shape index (κ2) is 23.8. The number of amides is 1. The Hall–Kier alpha value is -3.11. The largest absolute Gasteiger partial charge is 0.493 e. The number of aliphatic hydroxyl groups excluding tert-OH is 2. The van der Waals surface area contributed by atoms with E-state index in [2.05, 4.69) is 5.32 Å². The molecule has 4 heterocycles. The first kappa shape index (κ1) is 57.8. The lowest BCUT2D eigenvalue weighted by molar-refractivity contribution is -0.319. The van der Waals surface area contributed by atoms with Gasteiger partial charge in [-0.15, -0.1) is 11.8 Å². The van der Waals surface area contributed by atoms with Gasteiger partial charge in [0.05, 0.1) is 55.8 Å². The molecule has 4 saturated heterocycles. The van der Waals surface area contributed by atoms with Crippen LogP contribution in [0.25, 0.3) is 0 Å². The van der Waals surface area contributed by atoms with E-state index >= 15 is 4.79 Å². The molecule has 3 N–H and O–H groups in total. The average molecular weight is 1010 g/mol. The molecule has 4 aliphatic heterocycles. The minimum atomic E-state index is -1.45. The molecule has 0 aromatic heterocycles. The van der Waals surface area contributed by atoms with Crippen LogP contribution >= 0.6 is 11.8 Å². The van der Waals surface area contributed by atoms with Crippen LogP contribution in [0.1, 0.15) is 105 Å². The predicted molar refractivity (Wildman–Crippen MR) is 261 cm³/mol. The van der Waals surface area contributed by atoms with Crippen LogP contribution in [0, 0.1) is 29.6 Å². The highest BCUT2D eigenvalue weighted by molar-refractivity contribution is 8.00. The summed E-state index contributed by atoms with van der Waals surface area (Å²) in [7, 11) is 9.80. The number of thioether (sulfide) groups is 1. The van der Waals surface area contributed by atoms with Gasteiger partial charge in [-0.2, -0.15) is 0 Å². The number of esters is 2. The number of carbonyl (C=O) groups is 4. The van der Waals surface area contributed by atoms with E-state index in [9.17, 15) is 24.6 Å². The van der Waals surface area contributed by atoms with Crippen molar-refractivity contribution >= 4 is 35.4 Å². The third-order valence-electron chi connectivity index (χ3n) is 15.6. The predicted octanol–water partition coefficient (Wildman–Crippen LogP) is 4.81. The summed E-state index contributed by atoms with van der Waals surface area (Å²) in [5, 5.41) is 25.0. The number of nitrogens with one attached hydrogen (secondary N) is 1. The standard InChI is InChI=1S/C51H82N2O16S/c1-17-36-51(10)38(42(47(59)69-51)70-21-20-52-45(57)32-18-19-34(60-13)35(23-32)61-14)28(4)39(54)26(2)24-50(9,63-16)44(68-48-40(55)33(53(11)12)22-27(3)64-48)29(5)41(30(6)46(58)66-36)67-37-25-49(8,62-15)43(56)31(7)65-37/h18-19,23,26-31,33,36-38,40-44,48,55-56H,17,20-22,24-25H2,1-16H3,(H,52,57)/t26-,27-,28?,29+,30-,31-,33+,36-,37+,38?,40-,41+,42?,43+,44-,48+,49-,50-,51-/m1/s1. The summed E-state index contributed by atoms with van der Waals surface area (Å²) in [6.07, 6.45) is -7.23. The summed E-state index contributed by atoms with van der Waals surface area (Å²) in [6, 6.07) is 4.53. The molecule has 0 radical (unpaired) electrons. The van der Waals surface area contributed by atoms with Crippen LogP contribution in [0.2, 0.25) is 0 Å². The van der Waals surface area contributed by atoms with Gasteiger partial charge in [-0.25, -0.2) is 0 Å². The Kier molecular flexibility index (Phi) is 19.7. The topological polar surface area (TPSA) is 216 Å². The Bertz CT molecular complexity index is 1960. The molecule has 19 heteroatoms. The average Bonchev–Trinajstić information content (AvgIpc) is 3.59. The third kappa shape index (κ3) is 12.1. The summed E-state index contributed by atoms with van der Waals surface area (Å²) in [5.41, 5.74) is -3.45. The highest BCUT2D eigenvalue weighted by Gasteiger charge is 2.62. The van der Waals surface area contributed by atoms with Crippen LogP contribution < -0.4 is 14.8 Å². The van der Waals surface area contributed by atoms with E-state index in [0.29, 0.717) is 23.5 Å². The highest BCUT2D eigenvalue weighted by Crippen LogP contribution is 2.49. The Morgan fingerprint density at radius 2 is 1.53 bits per heavy atom. The maximum absolute atomic E-state index is 15.1. The molecule has 4 aliphatic rings. The maximum Gasteiger partial charge on any atom is 0.320 e. The number of ketones is 1. The second-order valence-electron chi connectivity index (χ2n) is 20.7. The van der Waals surface area contributed by atoms with Crippen molar-refractivity contribution in [2.45, 2.75) is 178 Å². The van der Waals surface area contributed by atoms with Gasteiger partial charge in [0.25, 0.3) is 5.91 Å². The second-order valence-corrected chi connectivity index (χ2v) is 22.0. The minimum Gasteiger partial charge on any atom is -0.493 e. The molecule has 1 aromatic rings. The monoisotopic (exact) mass is 1010 g/mol. The van der Waals surface area contributed by atoms with E-state index in [-0.39, 0.29) is 55.4 Å². The number of aliphatic hydroxyl groups is 2. The molecule has 5 rings (SSSR count). The van der Waals surface area contributed by atoms with E-state index in [1.165, 1.54) is 40.2 Å². The lowest BCUT2D eigenvalue weighted by Crippen LogP contribution is -2.61. The smallest absolute Gasteiger partial charge is 0.320 e. The van der Waals surface area contributed by atoms with Crippen LogP contribution in [0.5, 0.6) is 11.5 Å². The molecule has 0 bridgehead atoms. The van der Waals surface area contributed by atoms with Crippen LogP contribution in [0.4, 0.5) is 0 Å². The van der Waals surface area contributed by atoms with Crippen LogP contribution in [0.15, 0.2) is 18.2 Å². The van der Waals surface area contributed by atoms with Crippen LogP contribution in [0.3, 0.4) is 0 Å². The molecular weight excluding hydrogens is 929 g/mol. The number of carbonyl (C=O) groups excluding carboxylic acids is 4. The van der Waals surface area contributed by atoms with Crippen molar-refractivity contribution in [2.24, 2.45) is 29.6 Å². The number of methoxy groups -OCH3 is 4. The Balaban J connectivity index is 1.55. The van der Waals surface area contributed by atoms with E-state index in [4.69, 9.17) is 47.4 Å². The van der Waals surface area contributed by atoms with Crippen molar-refractivity contribution in [2.75, 3.05) is 54.8 Å². The molecule has 0 aliphatic carbocycles. The molecule has 19 atom stereocenters. The van der Waals surface area contributed by atoms with Gasteiger partial charge >= 0.3 is 11.9 Å². The number of likely N-dealkylation sites (N-methyl/N-ethyl adjacent to an activating group) is 1. The molecule has 0 spiro atoms. The van der Waals surface area contributed by atoms with E-state index in [1.807, 2.05) is 53.6 Å². The molecule has 0 saturated carbocycles. The van der Waals surface area contributed by atoms with Gasteiger partial charge in [0.15, 0.2) is 29.7 Å². The number of ether oxygens (including phenoxy) is 10. The molecule has 3 unspecified atom stereocenters. The molecule has 70 heavy (non-hydrogen) atoms. The van der Waals surface area contributed by atoms with Crippen molar-refractivity contribution in [1.29, 1.82) is 0 Å².